The van der Waals surface area contributed by atoms with Gasteiger partial charge in [0, 0.05) is 17.7 Å². The monoisotopic (exact) mass is 624 g/mol. The maximum Gasteiger partial charge on any atom is 0.239 e. The van der Waals surface area contributed by atoms with Gasteiger partial charge in [0.1, 0.15) is 65.2 Å². The zero-order valence-corrected chi connectivity index (χ0v) is 23.3. The highest BCUT2D eigenvalue weighted by molar-refractivity contribution is 5.88. The summed E-state index contributed by atoms with van der Waals surface area (Å²) in [7, 11) is 1.28. The number of aromatic hydroxyl groups is 3. The number of methoxy groups -OCH3 is 1. The van der Waals surface area contributed by atoms with E-state index in [2.05, 4.69) is 0 Å². The molecule has 2 saturated heterocycles. The van der Waals surface area contributed by atoms with E-state index in [4.69, 9.17) is 28.1 Å². The van der Waals surface area contributed by atoms with Crippen LogP contribution in [-0.4, -0.2) is 121 Å². The summed E-state index contributed by atoms with van der Waals surface area (Å²) in [5.74, 6) is -2.28. The average Bonchev–Trinajstić information content (AvgIpc) is 2.99. The minimum atomic E-state index is -1.97. The summed E-state index contributed by atoms with van der Waals surface area (Å²) in [6.45, 7) is 0.577. The van der Waals surface area contributed by atoms with E-state index in [1.165, 1.54) is 32.2 Å². The first-order chi connectivity index (χ1) is 20.9. The second-order valence-corrected chi connectivity index (χ2v) is 10.4. The lowest BCUT2D eigenvalue weighted by molar-refractivity contribution is -0.349. The Hall–Kier alpha value is -3.71. The zero-order valence-electron chi connectivity index (χ0n) is 23.3. The van der Waals surface area contributed by atoms with Crippen LogP contribution in [0.4, 0.5) is 0 Å². The summed E-state index contributed by atoms with van der Waals surface area (Å²) >= 11 is 0. The molecule has 16 nitrogen and oxygen atoms in total. The normalized spacial score (nSPS) is 32.5. The van der Waals surface area contributed by atoms with Gasteiger partial charge in [-0.05, 0) is 25.1 Å². The smallest absolute Gasteiger partial charge is 0.239 e. The second kappa shape index (κ2) is 12.4. The predicted molar refractivity (Wildman–Crippen MR) is 145 cm³/mol. The van der Waals surface area contributed by atoms with E-state index < -0.39 is 96.1 Å². The van der Waals surface area contributed by atoms with Crippen LogP contribution in [0.15, 0.2) is 39.5 Å². The fourth-order valence-electron chi connectivity index (χ4n) is 5.10. The number of phenols is 3. The number of benzene rings is 2. The van der Waals surface area contributed by atoms with E-state index in [-0.39, 0.29) is 28.4 Å². The van der Waals surface area contributed by atoms with Crippen molar-refractivity contribution < 1.29 is 74.1 Å². The van der Waals surface area contributed by atoms with Gasteiger partial charge in [0.05, 0.1) is 19.8 Å². The molecule has 2 aliphatic heterocycles. The highest BCUT2D eigenvalue weighted by atomic mass is 16.7. The molecule has 10 atom stereocenters. The molecule has 0 bridgehead atoms. The fraction of sp³-hybridized carbons (Fsp3) is 0.464. The molecule has 3 aromatic rings. The van der Waals surface area contributed by atoms with Gasteiger partial charge in [-0.1, -0.05) is 0 Å². The standard InChI is InChI=1S/C28H32O16/c1-9-18(33)20(35)22(37)27(40-9)43-25-16(8-29)42-28(23(38)21(25)36)44-26-19(34)17-13(32)6-11(30)7-15(17)41-24(26)10-3-4-12(31)14(5-10)39-2/h3-7,9,16,18,20-23,25,27-33,35-38H,8H2,1-2H3. The number of fused-ring (bicyclic) bond motifs is 1. The number of aliphatic hydroxyl groups is 6. The molecule has 2 fully saturated rings. The van der Waals surface area contributed by atoms with Gasteiger partial charge in [0.15, 0.2) is 23.5 Å². The van der Waals surface area contributed by atoms with Gasteiger partial charge in [-0.25, -0.2) is 0 Å². The number of ether oxygens (including phenoxy) is 5. The van der Waals surface area contributed by atoms with Gasteiger partial charge in [0.25, 0.3) is 0 Å². The van der Waals surface area contributed by atoms with Crippen molar-refractivity contribution in [1.29, 1.82) is 0 Å². The third-order valence-corrected chi connectivity index (χ3v) is 7.51. The highest BCUT2D eigenvalue weighted by Gasteiger charge is 2.51. The van der Waals surface area contributed by atoms with E-state index >= 15 is 0 Å². The Morgan fingerprint density at radius 2 is 1.55 bits per heavy atom. The van der Waals surface area contributed by atoms with Crippen molar-refractivity contribution in [2.45, 2.75) is 68.3 Å². The van der Waals surface area contributed by atoms with E-state index in [0.717, 1.165) is 12.1 Å². The van der Waals surface area contributed by atoms with Crippen LogP contribution in [0.25, 0.3) is 22.3 Å². The lowest BCUT2D eigenvalue weighted by Crippen LogP contribution is -2.64. The summed E-state index contributed by atoms with van der Waals surface area (Å²) in [5, 5.41) is 92.4. The van der Waals surface area contributed by atoms with Crippen LogP contribution in [0.3, 0.4) is 0 Å². The molecular weight excluding hydrogens is 592 g/mol. The first-order valence-corrected chi connectivity index (χ1v) is 13.4. The first kappa shape index (κ1) is 31.7. The molecule has 5 rings (SSSR count). The van der Waals surface area contributed by atoms with Crippen molar-refractivity contribution in [2.24, 2.45) is 0 Å². The van der Waals surface area contributed by atoms with Gasteiger partial charge >= 0.3 is 0 Å². The summed E-state index contributed by atoms with van der Waals surface area (Å²) in [5.41, 5.74) is -1.11. The van der Waals surface area contributed by atoms with Crippen molar-refractivity contribution in [3.8, 4) is 40.1 Å². The molecule has 240 valence electrons. The van der Waals surface area contributed by atoms with Crippen LogP contribution in [0.5, 0.6) is 28.7 Å². The third kappa shape index (κ3) is 5.63. The molecule has 0 amide bonds. The molecule has 0 aliphatic carbocycles. The number of hydrogen-bond acceptors (Lipinski definition) is 16. The lowest BCUT2D eigenvalue weighted by Gasteiger charge is -2.45. The van der Waals surface area contributed by atoms with E-state index in [1.807, 2.05) is 0 Å². The molecule has 2 aromatic carbocycles. The maximum atomic E-state index is 13.7. The number of hydrogen-bond donors (Lipinski definition) is 9. The summed E-state index contributed by atoms with van der Waals surface area (Å²) in [6.07, 6.45) is -16.2. The molecule has 0 spiro atoms. The van der Waals surface area contributed by atoms with Gasteiger partial charge in [0.2, 0.25) is 17.5 Å². The Balaban J connectivity index is 1.51. The van der Waals surface area contributed by atoms with Crippen molar-refractivity contribution in [3.05, 3.63) is 40.6 Å². The molecule has 0 radical (unpaired) electrons. The number of phenolic OH excluding ortho intramolecular Hbond substituents is 3. The largest absolute Gasteiger partial charge is 0.508 e. The highest BCUT2D eigenvalue weighted by Crippen LogP contribution is 2.40. The molecule has 10 unspecified atom stereocenters. The van der Waals surface area contributed by atoms with E-state index in [9.17, 15) is 50.8 Å². The molecule has 9 N–H and O–H groups in total. The molecule has 1 aromatic heterocycles. The Morgan fingerprint density at radius 1 is 0.841 bits per heavy atom. The average molecular weight is 625 g/mol. The topological polar surface area (TPSA) is 258 Å². The third-order valence-electron chi connectivity index (χ3n) is 7.51. The zero-order chi connectivity index (χ0) is 32.0. The summed E-state index contributed by atoms with van der Waals surface area (Å²) < 4.78 is 33.3. The molecular formula is C28H32O16. The van der Waals surface area contributed by atoms with E-state index in [0.29, 0.717) is 0 Å². The van der Waals surface area contributed by atoms with Gasteiger partial charge in [-0.2, -0.15) is 0 Å². The molecule has 3 heterocycles. The molecule has 16 heteroatoms. The Bertz CT molecular complexity index is 1550. The van der Waals surface area contributed by atoms with Crippen LogP contribution in [0.1, 0.15) is 6.92 Å². The maximum absolute atomic E-state index is 13.7. The van der Waals surface area contributed by atoms with E-state index in [1.54, 1.807) is 0 Å². The van der Waals surface area contributed by atoms with Crippen LogP contribution in [-0.2, 0) is 14.2 Å². The number of aliphatic hydroxyl groups excluding tert-OH is 6. The second-order valence-electron chi connectivity index (χ2n) is 10.4. The van der Waals surface area contributed by atoms with Gasteiger partial charge < -0.3 is 74.1 Å². The molecule has 0 saturated carbocycles. The Kier molecular flexibility index (Phi) is 8.90. The van der Waals surface area contributed by atoms with Crippen molar-refractivity contribution in [3.63, 3.8) is 0 Å². The molecule has 44 heavy (non-hydrogen) atoms. The number of rotatable bonds is 7. The minimum Gasteiger partial charge on any atom is -0.508 e. The van der Waals surface area contributed by atoms with Crippen LogP contribution in [0.2, 0.25) is 0 Å². The Labute approximate surface area is 248 Å². The fourth-order valence-corrected chi connectivity index (χ4v) is 5.10. The van der Waals surface area contributed by atoms with Gasteiger partial charge in [-0.3, -0.25) is 4.79 Å². The SMILES string of the molecule is COc1cc(-c2oc3cc(O)cc(O)c3c(=O)c2OC2OC(CO)C(OC3OC(C)C(O)C(O)C3O)C(O)C2O)ccc1O. The molecule has 2 aliphatic rings. The van der Waals surface area contributed by atoms with Crippen LogP contribution < -0.4 is 14.9 Å². The summed E-state index contributed by atoms with van der Waals surface area (Å²) in [6, 6.07) is 5.83. The van der Waals surface area contributed by atoms with Crippen LogP contribution >= 0.6 is 0 Å². The van der Waals surface area contributed by atoms with Crippen molar-refractivity contribution >= 4 is 11.0 Å². The lowest BCUT2D eigenvalue weighted by atomic mass is 9.97. The quantitative estimate of drug-likeness (QED) is 0.147. The van der Waals surface area contributed by atoms with Crippen molar-refractivity contribution in [1.82, 2.24) is 0 Å². The Morgan fingerprint density at radius 3 is 2.23 bits per heavy atom. The minimum absolute atomic E-state index is 0.0151. The van der Waals surface area contributed by atoms with Crippen LogP contribution in [0, 0.1) is 0 Å². The first-order valence-electron chi connectivity index (χ1n) is 13.4. The predicted octanol–water partition coefficient (Wildman–Crippen LogP) is -1.38. The summed E-state index contributed by atoms with van der Waals surface area (Å²) in [4.78, 5) is 13.7. The van der Waals surface area contributed by atoms with Crippen molar-refractivity contribution in [2.75, 3.05) is 13.7 Å². The van der Waals surface area contributed by atoms with Gasteiger partial charge in [-0.15, -0.1) is 0 Å².